The number of benzene rings is 1. The fourth-order valence-electron chi connectivity index (χ4n) is 1.87. The van der Waals surface area contributed by atoms with Gasteiger partial charge in [0, 0.05) is 11.2 Å². The number of methoxy groups -OCH3 is 1. The second-order valence-electron chi connectivity index (χ2n) is 6.15. The van der Waals surface area contributed by atoms with E-state index in [0.717, 1.165) is 5.56 Å². The van der Waals surface area contributed by atoms with E-state index in [1.807, 2.05) is 52.0 Å². The molecule has 21 heavy (non-hydrogen) atoms. The maximum absolute atomic E-state index is 11.7. The predicted molar refractivity (Wildman–Crippen MR) is 83.2 cm³/mol. The van der Waals surface area contributed by atoms with E-state index in [-0.39, 0.29) is 23.5 Å². The smallest absolute Gasteiger partial charge is 0.319 e. The number of amides is 2. The summed E-state index contributed by atoms with van der Waals surface area (Å²) in [7, 11) is 1.39. The molecule has 1 atom stereocenters. The molecule has 0 aliphatic rings. The van der Waals surface area contributed by atoms with Gasteiger partial charge < -0.3 is 15.4 Å². The van der Waals surface area contributed by atoms with Crippen LogP contribution in [0.25, 0.3) is 0 Å². The van der Waals surface area contributed by atoms with E-state index in [0.29, 0.717) is 12.1 Å². The lowest BCUT2D eigenvalue weighted by molar-refractivity contribution is -0.144. The summed E-state index contributed by atoms with van der Waals surface area (Å²) < 4.78 is 4.70. The zero-order valence-electron chi connectivity index (χ0n) is 13.3. The van der Waals surface area contributed by atoms with Gasteiger partial charge >= 0.3 is 12.0 Å². The van der Waals surface area contributed by atoms with Crippen LogP contribution in [0.4, 0.5) is 10.5 Å². The van der Waals surface area contributed by atoms with Crippen LogP contribution in [-0.4, -0.2) is 24.6 Å². The van der Waals surface area contributed by atoms with Crippen molar-refractivity contribution in [3.05, 3.63) is 29.8 Å². The number of anilines is 1. The van der Waals surface area contributed by atoms with Gasteiger partial charge in [-0.05, 0) is 44.9 Å². The summed E-state index contributed by atoms with van der Waals surface area (Å²) in [6.45, 7) is 7.59. The first-order valence-corrected chi connectivity index (χ1v) is 6.97. The van der Waals surface area contributed by atoms with Crippen LogP contribution in [0.1, 0.15) is 33.3 Å². The van der Waals surface area contributed by atoms with Gasteiger partial charge in [-0.1, -0.05) is 19.1 Å². The van der Waals surface area contributed by atoms with Crippen LogP contribution in [0.15, 0.2) is 24.3 Å². The molecule has 0 aliphatic heterocycles. The lowest BCUT2D eigenvalue weighted by Gasteiger charge is -2.20. The van der Waals surface area contributed by atoms with E-state index >= 15 is 0 Å². The first-order valence-electron chi connectivity index (χ1n) is 6.97. The number of carbonyl (C=O) groups excluding carboxylic acids is 2. The summed E-state index contributed by atoms with van der Waals surface area (Å²) in [4.78, 5) is 23.1. The number of hydrogen-bond donors (Lipinski definition) is 2. The maximum Gasteiger partial charge on any atom is 0.319 e. The highest BCUT2D eigenvalue weighted by molar-refractivity contribution is 5.89. The molecule has 116 valence electrons. The molecule has 0 aliphatic carbocycles. The molecular formula is C16H24N2O3. The van der Waals surface area contributed by atoms with Crippen molar-refractivity contribution >= 4 is 17.7 Å². The van der Waals surface area contributed by atoms with Crippen molar-refractivity contribution in [2.45, 2.75) is 39.7 Å². The molecule has 0 fully saturated rings. The Hall–Kier alpha value is -2.04. The standard InChI is InChI=1S/C16H24N2O3/c1-11(14(19)21-5)10-12-6-8-13(9-7-12)17-15(20)18-16(2,3)4/h6-9,11H,10H2,1-5H3,(H2,17,18,20)/t11-/m0/s1. The molecule has 2 amide bonds. The van der Waals surface area contributed by atoms with E-state index in [9.17, 15) is 9.59 Å². The Morgan fingerprint density at radius 2 is 1.76 bits per heavy atom. The minimum atomic E-state index is -0.278. The Balaban J connectivity index is 2.58. The SMILES string of the molecule is COC(=O)[C@@H](C)Cc1ccc(NC(=O)NC(C)(C)C)cc1. The first kappa shape index (κ1) is 17.0. The van der Waals surface area contributed by atoms with Gasteiger partial charge in [0.15, 0.2) is 0 Å². The minimum Gasteiger partial charge on any atom is -0.469 e. The predicted octanol–water partition coefficient (Wildman–Crippen LogP) is 2.96. The fourth-order valence-corrected chi connectivity index (χ4v) is 1.87. The lowest BCUT2D eigenvalue weighted by atomic mass is 10.0. The fraction of sp³-hybridized carbons (Fsp3) is 0.500. The summed E-state index contributed by atoms with van der Waals surface area (Å²) in [6, 6.07) is 7.19. The Labute approximate surface area is 126 Å². The molecular weight excluding hydrogens is 268 g/mol. The molecule has 0 radical (unpaired) electrons. The van der Waals surface area contributed by atoms with E-state index in [1.165, 1.54) is 7.11 Å². The van der Waals surface area contributed by atoms with Gasteiger partial charge in [-0.15, -0.1) is 0 Å². The van der Waals surface area contributed by atoms with Gasteiger partial charge in [-0.25, -0.2) is 4.79 Å². The molecule has 2 N–H and O–H groups in total. The molecule has 5 nitrogen and oxygen atoms in total. The van der Waals surface area contributed by atoms with Crippen LogP contribution in [-0.2, 0) is 16.0 Å². The van der Waals surface area contributed by atoms with Gasteiger partial charge in [0.05, 0.1) is 13.0 Å². The van der Waals surface area contributed by atoms with Crippen molar-refractivity contribution in [1.29, 1.82) is 0 Å². The quantitative estimate of drug-likeness (QED) is 0.838. The normalized spacial score (nSPS) is 12.4. The van der Waals surface area contributed by atoms with Crippen molar-refractivity contribution in [1.82, 2.24) is 5.32 Å². The third kappa shape index (κ3) is 6.29. The van der Waals surface area contributed by atoms with Crippen molar-refractivity contribution < 1.29 is 14.3 Å². The third-order valence-corrected chi connectivity index (χ3v) is 2.85. The summed E-state index contributed by atoms with van der Waals surface area (Å²) in [5.41, 5.74) is 1.46. The zero-order chi connectivity index (χ0) is 16.0. The van der Waals surface area contributed by atoms with Crippen LogP contribution in [0.2, 0.25) is 0 Å². The number of urea groups is 1. The third-order valence-electron chi connectivity index (χ3n) is 2.85. The molecule has 5 heteroatoms. The molecule has 1 aromatic carbocycles. The number of hydrogen-bond acceptors (Lipinski definition) is 3. The van der Waals surface area contributed by atoms with Crippen molar-refractivity contribution in [2.75, 3.05) is 12.4 Å². The zero-order valence-corrected chi connectivity index (χ0v) is 13.3. The molecule has 0 spiro atoms. The number of carbonyl (C=O) groups is 2. The first-order chi connectivity index (χ1) is 9.71. The summed E-state index contributed by atoms with van der Waals surface area (Å²) in [5.74, 6) is -0.403. The van der Waals surface area contributed by atoms with E-state index < -0.39 is 0 Å². The molecule has 1 aromatic rings. The number of ether oxygens (including phenoxy) is 1. The molecule has 0 aromatic heterocycles. The van der Waals surface area contributed by atoms with Crippen molar-refractivity contribution in [3.8, 4) is 0 Å². The van der Waals surface area contributed by atoms with E-state index in [1.54, 1.807) is 0 Å². The summed E-state index contributed by atoms with van der Waals surface area (Å²) in [5, 5.41) is 5.60. The Kier molecular flexibility index (Phi) is 5.76. The van der Waals surface area contributed by atoms with Gasteiger partial charge in [0.1, 0.15) is 0 Å². The Morgan fingerprint density at radius 1 is 1.19 bits per heavy atom. The van der Waals surface area contributed by atoms with Crippen molar-refractivity contribution in [2.24, 2.45) is 5.92 Å². The molecule has 0 saturated carbocycles. The Bertz CT molecular complexity index is 489. The largest absolute Gasteiger partial charge is 0.469 e. The van der Waals surface area contributed by atoms with E-state index in [4.69, 9.17) is 4.74 Å². The van der Waals surface area contributed by atoms with Gasteiger partial charge in [0.2, 0.25) is 0 Å². The molecule has 0 bridgehead atoms. The average molecular weight is 292 g/mol. The summed E-state index contributed by atoms with van der Waals surface area (Å²) >= 11 is 0. The van der Waals surface area contributed by atoms with E-state index in [2.05, 4.69) is 10.6 Å². The highest BCUT2D eigenvalue weighted by Gasteiger charge is 2.15. The average Bonchev–Trinajstić information content (AvgIpc) is 2.37. The molecule has 0 unspecified atom stereocenters. The van der Waals surface area contributed by atoms with Crippen LogP contribution in [0.3, 0.4) is 0 Å². The van der Waals surface area contributed by atoms with Crippen LogP contribution in [0.5, 0.6) is 0 Å². The highest BCUT2D eigenvalue weighted by Crippen LogP contribution is 2.14. The molecule has 0 saturated heterocycles. The molecule has 1 rings (SSSR count). The van der Waals surface area contributed by atoms with Crippen LogP contribution in [0, 0.1) is 5.92 Å². The Morgan fingerprint density at radius 3 is 2.24 bits per heavy atom. The minimum absolute atomic E-state index is 0.182. The second kappa shape index (κ2) is 7.11. The number of esters is 1. The number of nitrogens with one attached hydrogen (secondary N) is 2. The topological polar surface area (TPSA) is 67.4 Å². The van der Waals surface area contributed by atoms with Crippen LogP contribution < -0.4 is 10.6 Å². The molecule has 0 heterocycles. The highest BCUT2D eigenvalue weighted by atomic mass is 16.5. The van der Waals surface area contributed by atoms with Gasteiger partial charge in [-0.2, -0.15) is 0 Å². The summed E-state index contributed by atoms with van der Waals surface area (Å²) in [6.07, 6.45) is 0.612. The van der Waals surface area contributed by atoms with Gasteiger partial charge in [0.25, 0.3) is 0 Å². The van der Waals surface area contributed by atoms with Crippen molar-refractivity contribution in [3.63, 3.8) is 0 Å². The number of rotatable bonds is 4. The lowest BCUT2D eigenvalue weighted by Crippen LogP contribution is -2.43. The second-order valence-corrected chi connectivity index (χ2v) is 6.15. The van der Waals surface area contributed by atoms with Gasteiger partial charge in [-0.3, -0.25) is 4.79 Å². The van der Waals surface area contributed by atoms with Crippen LogP contribution >= 0.6 is 0 Å². The monoisotopic (exact) mass is 292 g/mol. The maximum atomic E-state index is 11.7.